The Bertz CT molecular complexity index is 721. The van der Waals surface area contributed by atoms with Gasteiger partial charge in [-0.25, -0.2) is 4.98 Å². The van der Waals surface area contributed by atoms with Gasteiger partial charge in [0, 0.05) is 24.7 Å². The monoisotopic (exact) mass is 367 g/mol. The number of benzene rings is 1. The maximum absolute atomic E-state index is 12.6. The molecule has 0 bridgehead atoms. The van der Waals surface area contributed by atoms with Gasteiger partial charge in [0.25, 0.3) is 5.91 Å². The van der Waals surface area contributed by atoms with Crippen LogP contribution < -0.4 is 5.73 Å². The van der Waals surface area contributed by atoms with Gasteiger partial charge >= 0.3 is 0 Å². The zero-order chi connectivity index (χ0) is 19.1. The molecule has 0 aliphatic carbocycles. The largest absolute Gasteiger partial charge is 0.382 e. The maximum Gasteiger partial charge on any atom is 0.253 e. The number of hydrogen-bond acceptors (Lipinski definition) is 5. The van der Waals surface area contributed by atoms with E-state index in [0.29, 0.717) is 11.4 Å². The highest BCUT2D eigenvalue weighted by Gasteiger charge is 2.13. The molecule has 1 saturated heterocycles. The van der Waals surface area contributed by atoms with Crippen molar-refractivity contribution in [2.24, 2.45) is 0 Å². The molecule has 6 nitrogen and oxygen atoms in total. The second-order valence-corrected chi connectivity index (χ2v) is 7.24. The summed E-state index contributed by atoms with van der Waals surface area (Å²) in [6.07, 6.45) is 9.51. The topological polar surface area (TPSA) is 75.3 Å². The van der Waals surface area contributed by atoms with Gasteiger partial charge in [-0.3, -0.25) is 9.78 Å². The molecule has 0 saturated carbocycles. The van der Waals surface area contributed by atoms with Crippen molar-refractivity contribution in [2.75, 3.05) is 39.0 Å². The normalized spacial score (nSPS) is 15.3. The maximum atomic E-state index is 12.6. The number of anilines is 1. The molecule has 1 aliphatic rings. The van der Waals surface area contributed by atoms with Gasteiger partial charge in [0.05, 0.1) is 18.1 Å². The molecular weight excluding hydrogens is 338 g/mol. The highest BCUT2D eigenvalue weighted by Crippen LogP contribution is 2.18. The van der Waals surface area contributed by atoms with E-state index in [4.69, 9.17) is 5.73 Å². The molecule has 27 heavy (non-hydrogen) atoms. The molecule has 0 radical (unpaired) electrons. The first-order chi connectivity index (χ1) is 13.1. The van der Waals surface area contributed by atoms with Crippen LogP contribution in [0.2, 0.25) is 0 Å². The Kier molecular flexibility index (Phi) is 6.76. The number of nitrogen functional groups attached to an aromatic ring is 1. The molecule has 1 fully saturated rings. The molecular formula is C21H29N5O. The quantitative estimate of drug-likeness (QED) is 0.849. The van der Waals surface area contributed by atoms with Crippen LogP contribution in [0.4, 0.5) is 5.82 Å². The van der Waals surface area contributed by atoms with Gasteiger partial charge in [-0.2, -0.15) is 0 Å². The van der Waals surface area contributed by atoms with Crippen LogP contribution in [-0.2, 0) is 0 Å². The summed E-state index contributed by atoms with van der Waals surface area (Å²) >= 11 is 0. The fourth-order valence-electron chi connectivity index (χ4n) is 3.48. The molecule has 1 amide bonds. The number of rotatable bonds is 6. The first-order valence-electron chi connectivity index (χ1n) is 9.79. The van der Waals surface area contributed by atoms with Crippen molar-refractivity contribution in [1.82, 2.24) is 19.8 Å². The Morgan fingerprint density at radius 2 is 1.78 bits per heavy atom. The standard InChI is InChI=1S/C21H29N5O/c1-25(11-6-14-26-12-4-2-3-5-13-26)21(27)18-9-7-17(8-10-18)19-15-24-20(22)16-23-19/h7-10,15-16H,2-6,11-14H2,1H3,(H2,22,24). The minimum atomic E-state index is 0.0563. The summed E-state index contributed by atoms with van der Waals surface area (Å²) in [5.74, 6) is 0.452. The molecule has 3 rings (SSSR count). The van der Waals surface area contributed by atoms with E-state index in [-0.39, 0.29) is 5.91 Å². The lowest BCUT2D eigenvalue weighted by molar-refractivity contribution is 0.0788. The molecule has 1 aliphatic heterocycles. The summed E-state index contributed by atoms with van der Waals surface area (Å²) in [4.78, 5) is 25.3. The summed E-state index contributed by atoms with van der Waals surface area (Å²) in [6, 6.07) is 7.50. The van der Waals surface area contributed by atoms with Crippen LogP contribution in [0.15, 0.2) is 36.7 Å². The van der Waals surface area contributed by atoms with Crippen LogP contribution in [0.1, 0.15) is 42.5 Å². The highest BCUT2D eigenvalue weighted by atomic mass is 16.2. The molecule has 6 heteroatoms. The van der Waals surface area contributed by atoms with Crippen LogP contribution in [-0.4, -0.2) is 58.9 Å². The van der Waals surface area contributed by atoms with E-state index >= 15 is 0 Å². The fourth-order valence-corrected chi connectivity index (χ4v) is 3.48. The second-order valence-electron chi connectivity index (χ2n) is 7.24. The van der Waals surface area contributed by atoms with Gasteiger partial charge < -0.3 is 15.5 Å². The zero-order valence-corrected chi connectivity index (χ0v) is 16.1. The van der Waals surface area contributed by atoms with Gasteiger partial charge in [-0.1, -0.05) is 25.0 Å². The molecule has 0 unspecified atom stereocenters. The van der Waals surface area contributed by atoms with Crippen molar-refractivity contribution in [3.05, 3.63) is 42.2 Å². The number of amides is 1. The number of carbonyl (C=O) groups is 1. The Labute approximate surface area is 161 Å². The molecule has 1 aromatic carbocycles. The van der Waals surface area contributed by atoms with Crippen LogP contribution in [0.5, 0.6) is 0 Å². The number of nitrogens with two attached hydrogens (primary N) is 1. The minimum absolute atomic E-state index is 0.0563. The third-order valence-electron chi connectivity index (χ3n) is 5.11. The summed E-state index contributed by atoms with van der Waals surface area (Å²) < 4.78 is 0. The van der Waals surface area contributed by atoms with E-state index < -0.39 is 0 Å². The average molecular weight is 367 g/mol. The first-order valence-corrected chi connectivity index (χ1v) is 9.79. The van der Waals surface area contributed by atoms with Crippen molar-refractivity contribution >= 4 is 11.7 Å². The number of aromatic nitrogens is 2. The first kappa shape index (κ1) is 19.3. The third kappa shape index (κ3) is 5.50. The SMILES string of the molecule is CN(CCCN1CCCCCC1)C(=O)c1ccc(-c2cnc(N)cn2)cc1. The summed E-state index contributed by atoms with van der Waals surface area (Å²) in [7, 11) is 1.88. The lowest BCUT2D eigenvalue weighted by Crippen LogP contribution is -2.32. The summed E-state index contributed by atoms with van der Waals surface area (Å²) in [5.41, 5.74) is 7.93. The van der Waals surface area contributed by atoms with Crippen molar-refractivity contribution in [3.8, 4) is 11.3 Å². The predicted octanol–water partition coefficient (Wildman–Crippen LogP) is 3.06. The van der Waals surface area contributed by atoms with Crippen molar-refractivity contribution in [3.63, 3.8) is 0 Å². The highest BCUT2D eigenvalue weighted by molar-refractivity contribution is 5.94. The van der Waals surface area contributed by atoms with Crippen LogP contribution in [0.25, 0.3) is 11.3 Å². The smallest absolute Gasteiger partial charge is 0.253 e. The van der Waals surface area contributed by atoms with Crippen molar-refractivity contribution in [2.45, 2.75) is 32.1 Å². The van der Waals surface area contributed by atoms with E-state index in [1.165, 1.54) is 45.0 Å². The molecule has 2 aromatic rings. The van der Waals surface area contributed by atoms with Crippen LogP contribution in [0, 0.1) is 0 Å². The van der Waals surface area contributed by atoms with E-state index in [2.05, 4.69) is 14.9 Å². The number of hydrogen-bond donors (Lipinski definition) is 1. The number of likely N-dealkylation sites (tertiary alicyclic amines) is 1. The lowest BCUT2D eigenvalue weighted by Gasteiger charge is -2.22. The molecule has 2 N–H and O–H groups in total. The van der Waals surface area contributed by atoms with E-state index in [1.54, 1.807) is 6.20 Å². The Morgan fingerprint density at radius 1 is 1.07 bits per heavy atom. The average Bonchev–Trinajstić information content (AvgIpc) is 2.97. The molecule has 0 spiro atoms. The predicted molar refractivity (Wildman–Crippen MR) is 108 cm³/mol. The van der Waals surface area contributed by atoms with Crippen molar-refractivity contribution < 1.29 is 4.79 Å². The Morgan fingerprint density at radius 3 is 2.41 bits per heavy atom. The zero-order valence-electron chi connectivity index (χ0n) is 16.1. The van der Waals surface area contributed by atoms with E-state index in [9.17, 15) is 4.79 Å². The van der Waals surface area contributed by atoms with Crippen LogP contribution >= 0.6 is 0 Å². The lowest BCUT2D eigenvalue weighted by atomic mass is 10.1. The van der Waals surface area contributed by atoms with Gasteiger partial charge in [0.2, 0.25) is 0 Å². The van der Waals surface area contributed by atoms with Gasteiger partial charge in [0.15, 0.2) is 0 Å². The molecule has 1 aromatic heterocycles. The summed E-state index contributed by atoms with van der Waals surface area (Å²) in [6.45, 7) is 4.26. The second kappa shape index (κ2) is 9.46. The summed E-state index contributed by atoms with van der Waals surface area (Å²) in [5, 5.41) is 0. The van der Waals surface area contributed by atoms with Crippen molar-refractivity contribution in [1.29, 1.82) is 0 Å². The van der Waals surface area contributed by atoms with Gasteiger partial charge in [-0.15, -0.1) is 0 Å². The number of carbonyl (C=O) groups excluding carboxylic acids is 1. The Balaban J connectivity index is 1.51. The van der Waals surface area contributed by atoms with Crippen LogP contribution in [0.3, 0.4) is 0 Å². The number of nitrogens with zero attached hydrogens (tertiary/aromatic N) is 4. The third-order valence-corrected chi connectivity index (χ3v) is 5.11. The van der Waals surface area contributed by atoms with E-state index in [0.717, 1.165) is 30.8 Å². The fraction of sp³-hybridized carbons (Fsp3) is 0.476. The van der Waals surface area contributed by atoms with E-state index in [1.807, 2.05) is 36.2 Å². The van der Waals surface area contributed by atoms with Gasteiger partial charge in [-0.05, 0) is 51.0 Å². The minimum Gasteiger partial charge on any atom is -0.382 e. The molecule has 2 heterocycles. The van der Waals surface area contributed by atoms with Gasteiger partial charge in [0.1, 0.15) is 5.82 Å². The molecule has 144 valence electrons. The Hall–Kier alpha value is -2.47. The molecule has 0 atom stereocenters.